The number of amides is 1. The standard InChI is InChI=1S/C35H39B2F3N8OS/c1-19-22(6-7-27-25(19)12-24(16-41)48(27)17-20-14-33(2,15-20)46-30(49)21-4-5-21)18-47-10-8-23(9-11-47)43-29-26-13-28(34(36,37)35(38,39)40)50-31(26)45-32(42-3)44-29/h6-7,12-13,20-21,23H,4-5,8-11,14-15,17-18H2,1-3H3,(H,46,49)(H2,42,43,44,45). The first-order valence-corrected chi connectivity index (χ1v) is 18.0. The molecule has 1 saturated heterocycles. The number of carbonyl (C=O) groups is 1. The predicted octanol–water partition coefficient (Wildman–Crippen LogP) is 5.69. The molecule has 2 saturated carbocycles. The molecular formula is C35H39B2F3N8OS. The zero-order chi connectivity index (χ0) is 35.6. The molecule has 15 heteroatoms. The third kappa shape index (κ3) is 6.57. The lowest BCUT2D eigenvalue weighted by Gasteiger charge is -2.46. The van der Waals surface area contributed by atoms with Crippen molar-refractivity contribution in [1.82, 2.24) is 24.8 Å². The largest absolute Gasteiger partial charge is 0.384 e. The topological polar surface area (TPSA) is 111 Å². The number of thiophene rings is 1. The van der Waals surface area contributed by atoms with Crippen molar-refractivity contribution in [1.29, 1.82) is 5.26 Å². The van der Waals surface area contributed by atoms with Crippen LogP contribution in [0.5, 0.6) is 0 Å². The second-order valence-corrected chi connectivity index (χ2v) is 15.7. The van der Waals surface area contributed by atoms with E-state index in [9.17, 15) is 23.2 Å². The van der Waals surface area contributed by atoms with Crippen molar-refractivity contribution >= 4 is 65.8 Å². The van der Waals surface area contributed by atoms with Crippen LogP contribution in [-0.2, 0) is 23.1 Å². The molecule has 258 valence electrons. The van der Waals surface area contributed by atoms with Gasteiger partial charge in [-0.2, -0.15) is 23.4 Å². The summed E-state index contributed by atoms with van der Waals surface area (Å²) in [5.41, 5.74) is 3.94. The fourth-order valence-corrected chi connectivity index (χ4v) is 8.65. The van der Waals surface area contributed by atoms with E-state index in [1.807, 2.05) is 6.07 Å². The van der Waals surface area contributed by atoms with Gasteiger partial charge in [-0.05, 0) is 87.6 Å². The summed E-state index contributed by atoms with van der Waals surface area (Å²) < 4.78 is 42.9. The highest BCUT2D eigenvalue weighted by Crippen LogP contribution is 2.43. The van der Waals surface area contributed by atoms with Crippen LogP contribution < -0.4 is 16.0 Å². The molecule has 50 heavy (non-hydrogen) atoms. The lowest BCUT2D eigenvalue weighted by atomic mass is 9.53. The minimum absolute atomic E-state index is 0.0618. The molecule has 3 fully saturated rings. The Morgan fingerprint density at radius 1 is 1.12 bits per heavy atom. The summed E-state index contributed by atoms with van der Waals surface area (Å²) in [5.74, 6) is 1.53. The number of alkyl halides is 3. The van der Waals surface area contributed by atoms with Gasteiger partial charge in [0.05, 0.1) is 21.1 Å². The van der Waals surface area contributed by atoms with Gasteiger partial charge < -0.3 is 20.5 Å². The van der Waals surface area contributed by atoms with E-state index in [0.29, 0.717) is 33.6 Å². The van der Waals surface area contributed by atoms with E-state index in [2.05, 4.69) is 67.4 Å². The molecule has 1 aliphatic heterocycles. The van der Waals surface area contributed by atoms with Crippen LogP contribution in [0.4, 0.5) is 24.9 Å². The van der Waals surface area contributed by atoms with E-state index in [-0.39, 0.29) is 28.3 Å². The molecular weight excluding hydrogens is 659 g/mol. The van der Waals surface area contributed by atoms with Crippen molar-refractivity contribution in [3.05, 3.63) is 46.0 Å². The molecule has 0 spiro atoms. The Hall–Kier alpha value is -3.76. The Balaban J connectivity index is 0.998. The van der Waals surface area contributed by atoms with Gasteiger partial charge in [-0.15, -0.1) is 11.3 Å². The van der Waals surface area contributed by atoms with Gasteiger partial charge in [0.15, 0.2) is 0 Å². The normalized spacial score (nSPS) is 22.0. The molecule has 4 radical (unpaired) electrons. The fourth-order valence-electron chi connectivity index (χ4n) is 7.59. The van der Waals surface area contributed by atoms with Crippen LogP contribution in [0.25, 0.3) is 21.1 Å². The Morgan fingerprint density at radius 2 is 1.84 bits per heavy atom. The molecule has 3 aliphatic rings. The van der Waals surface area contributed by atoms with E-state index in [4.69, 9.17) is 15.7 Å². The number of fused-ring (bicyclic) bond motifs is 2. The van der Waals surface area contributed by atoms with Gasteiger partial charge in [-0.3, -0.25) is 9.69 Å². The Morgan fingerprint density at radius 3 is 2.48 bits per heavy atom. The lowest BCUT2D eigenvalue weighted by molar-refractivity contribution is -0.143. The number of nitrogens with one attached hydrogen (secondary N) is 3. The van der Waals surface area contributed by atoms with Crippen LogP contribution in [0, 0.1) is 30.1 Å². The summed E-state index contributed by atoms with van der Waals surface area (Å²) in [7, 11) is 12.7. The number of piperidine rings is 1. The molecule has 0 unspecified atom stereocenters. The first-order chi connectivity index (χ1) is 23.7. The minimum atomic E-state index is -4.83. The Kier molecular flexibility index (Phi) is 8.86. The van der Waals surface area contributed by atoms with Crippen molar-refractivity contribution in [2.24, 2.45) is 11.8 Å². The van der Waals surface area contributed by atoms with Gasteiger partial charge in [0.1, 0.15) is 22.4 Å². The number of nitrogens with zero attached hydrogens (tertiary/aromatic N) is 5. The van der Waals surface area contributed by atoms with Crippen LogP contribution in [0.15, 0.2) is 24.3 Å². The maximum Gasteiger partial charge on any atom is 0.384 e. The van der Waals surface area contributed by atoms with Crippen LogP contribution >= 0.6 is 11.3 Å². The van der Waals surface area contributed by atoms with Crippen LogP contribution in [0.3, 0.4) is 0 Å². The van der Waals surface area contributed by atoms with Crippen LogP contribution in [0.2, 0.25) is 0 Å². The van der Waals surface area contributed by atoms with Crippen molar-refractivity contribution in [3.8, 4) is 6.07 Å². The van der Waals surface area contributed by atoms with E-state index in [1.165, 1.54) is 17.2 Å². The lowest BCUT2D eigenvalue weighted by Crippen LogP contribution is -2.56. The number of likely N-dealkylation sites (tertiary alicyclic amines) is 1. The quantitative estimate of drug-likeness (QED) is 0.183. The van der Waals surface area contributed by atoms with Gasteiger partial charge in [0.2, 0.25) is 11.9 Å². The number of rotatable bonds is 10. The minimum Gasteiger partial charge on any atom is -0.367 e. The monoisotopic (exact) mass is 698 g/mol. The molecule has 2 aliphatic carbocycles. The number of carbonyl (C=O) groups excluding carboxylic acids is 1. The van der Waals surface area contributed by atoms with E-state index >= 15 is 0 Å². The highest BCUT2D eigenvalue weighted by atomic mass is 32.1. The number of aryl methyl sites for hydroxylation is 1. The molecule has 1 amide bonds. The molecule has 7 rings (SSSR count). The van der Waals surface area contributed by atoms with Crippen LogP contribution in [-0.4, -0.2) is 78.9 Å². The summed E-state index contributed by atoms with van der Waals surface area (Å²) in [5, 5.41) is 18.2. The summed E-state index contributed by atoms with van der Waals surface area (Å²) in [6.45, 7) is 7.41. The Bertz CT molecular complexity index is 1990. The molecule has 4 aromatic rings. The zero-order valence-corrected chi connectivity index (χ0v) is 29.3. The molecule has 0 atom stereocenters. The number of benzene rings is 1. The van der Waals surface area contributed by atoms with Gasteiger partial charge >= 0.3 is 6.18 Å². The van der Waals surface area contributed by atoms with Gasteiger partial charge in [0.25, 0.3) is 0 Å². The van der Waals surface area contributed by atoms with E-state index in [0.717, 1.165) is 86.9 Å². The van der Waals surface area contributed by atoms with Crippen LogP contribution in [0.1, 0.15) is 67.1 Å². The third-order valence-electron chi connectivity index (χ3n) is 10.7. The number of aromatic nitrogens is 3. The maximum atomic E-state index is 13.6. The third-order valence-corrected chi connectivity index (χ3v) is 11.9. The van der Waals surface area contributed by atoms with Gasteiger partial charge in [-0.1, -0.05) is 6.07 Å². The Labute approximate surface area is 296 Å². The molecule has 1 aromatic carbocycles. The summed E-state index contributed by atoms with van der Waals surface area (Å²) in [6.07, 6.45) is 0.611. The van der Waals surface area contributed by atoms with E-state index in [1.54, 1.807) is 7.05 Å². The first kappa shape index (κ1) is 34.7. The summed E-state index contributed by atoms with van der Waals surface area (Å²) in [4.78, 5) is 23.7. The second-order valence-electron chi connectivity index (χ2n) is 14.7. The average Bonchev–Trinajstić information content (AvgIpc) is 3.72. The number of halogens is 3. The number of hydrogen-bond acceptors (Lipinski definition) is 8. The van der Waals surface area contributed by atoms with Crippen molar-refractivity contribution in [2.45, 2.75) is 88.4 Å². The second kappa shape index (κ2) is 12.8. The summed E-state index contributed by atoms with van der Waals surface area (Å²) >= 11 is 0.813. The van der Waals surface area contributed by atoms with Gasteiger partial charge in [-0.25, -0.2) is 4.98 Å². The molecule has 3 aromatic heterocycles. The number of nitriles is 1. The zero-order valence-electron chi connectivity index (χ0n) is 28.5. The molecule has 0 bridgehead atoms. The number of hydrogen-bond donors (Lipinski definition) is 3. The predicted molar refractivity (Wildman–Crippen MR) is 192 cm³/mol. The average molecular weight is 698 g/mol. The SMILES string of the molecule is [B]C([B])(c1cc2c(NC3CCN(Cc4ccc5c(cc(C#N)n5CC5CC(C)(NC(=O)C6CC6)C5)c4C)CC3)nc(NC)nc2s1)C(F)(F)F. The van der Waals surface area contributed by atoms with Gasteiger partial charge in [0, 0.05) is 71.7 Å². The smallest absolute Gasteiger partial charge is 0.367 e. The van der Waals surface area contributed by atoms with E-state index < -0.39 is 11.4 Å². The summed E-state index contributed by atoms with van der Waals surface area (Å²) in [6, 6.07) is 10.1. The number of anilines is 2. The molecule has 4 heterocycles. The highest BCUT2D eigenvalue weighted by Gasteiger charge is 2.48. The van der Waals surface area contributed by atoms with Crippen molar-refractivity contribution in [3.63, 3.8) is 0 Å². The highest BCUT2D eigenvalue weighted by molar-refractivity contribution is 7.19. The van der Waals surface area contributed by atoms with Crippen molar-refractivity contribution in [2.75, 3.05) is 30.8 Å². The first-order valence-electron chi connectivity index (χ1n) is 17.1. The van der Waals surface area contributed by atoms with Crippen molar-refractivity contribution < 1.29 is 18.0 Å². The fraction of sp³-hybridized carbons (Fsp3) is 0.543. The maximum absolute atomic E-state index is 13.6. The molecule has 3 N–H and O–H groups in total. The molecule has 9 nitrogen and oxygen atoms in total.